The quantitative estimate of drug-likeness (QED) is 0.559. The largest absolute Gasteiger partial charge is 0.384 e. The minimum absolute atomic E-state index is 0.537. The monoisotopic (exact) mass is 123 g/mol. The molecule has 1 aliphatic heterocycles. The number of dihydropyridines is 1. The van der Waals surface area contributed by atoms with Crippen molar-refractivity contribution in [2.24, 2.45) is 5.92 Å². The van der Waals surface area contributed by atoms with Crippen LogP contribution >= 0.6 is 0 Å². The van der Waals surface area contributed by atoms with Crippen LogP contribution in [-0.2, 0) is 0 Å². The first-order chi connectivity index (χ1) is 4.30. The summed E-state index contributed by atoms with van der Waals surface area (Å²) in [6.07, 6.45) is 8.27. The first kappa shape index (κ1) is 6.40. The van der Waals surface area contributed by atoms with E-state index in [0.717, 1.165) is 0 Å². The number of allylic oxidation sites excluding steroid dienone is 2. The van der Waals surface area contributed by atoms with Crippen molar-refractivity contribution in [3.05, 3.63) is 24.4 Å². The Morgan fingerprint density at radius 2 is 2.11 bits per heavy atom. The molecule has 0 saturated heterocycles. The molecule has 0 radical (unpaired) electrons. The molecule has 0 bridgehead atoms. The standard InChI is InChI=1S/C8H13N/c1-7(2)8-5-3-4-6-9-8/h3-9H,1-2H3. The fourth-order valence-corrected chi connectivity index (χ4v) is 0.876. The highest BCUT2D eigenvalue weighted by atomic mass is 14.9. The zero-order valence-electron chi connectivity index (χ0n) is 5.96. The molecule has 1 heteroatoms. The lowest BCUT2D eigenvalue weighted by atomic mass is 10.0. The Kier molecular flexibility index (Phi) is 1.93. The van der Waals surface area contributed by atoms with Crippen molar-refractivity contribution < 1.29 is 0 Å². The molecule has 0 fully saturated rings. The second-order valence-corrected chi connectivity index (χ2v) is 2.68. The summed E-state index contributed by atoms with van der Waals surface area (Å²) in [5.74, 6) is 0.686. The van der Waals surface area contributed by atoms with Gasteiger partial charge < -0.3 is 5.32 Å². The molecule has 0 aromatic rings. The molecule has 1 rings (SSSR count). The SMILES string of the molecule is CC(C)C1C=CC=CN1. The predicted molar refractivity (Wildman–Crippen MR) is 40.0 cm³/mol. The highest BCUT2D eigenvalue weighted by Crippen LogP contribution is 2.05. The molecular weight excluding hydrogens is 110 g/mol. The Bertz CT molecular complexity index is 134. The highest BCUT2D eigenvalue weighted by Gasteiger charge is 2.06. The molecule has 0 aromatic carbocycles. The summed E-state index contributed by atoms with van der Waals surface area (Å²) in [4.78, 5) is 0. The lowest BCUT2D eigenvalue weighted by molar-refractivity contribution is 0.511. The average Bonchev–Trinajstić information content (AvgIpc) is 1.90. The second kappa shape index (κ2) is 2.72. The van der Waals surface area contributed by atoms with Gasteiger partial charge >= 0.3 is 0 Å². The van der Waals surface area contributed by atoms with Gasteiger partial charge in [-0.1, -0.05) is 26.0 Å². The molecule has 0 aliphatic carbocycles. The van der Waals surface area contributed by atoms with E-state index >= 15 is 0 Å². The van der Waals surface area contributed by atoms with E-state index < -0.39 is 0 Å². The highest BCUT2D eigenvalue weighted by molar-refractivity contribution is 5.12. The Labute approximate surface area is 56.5 Å². The fourth-order valence-electron chi connectivity index (χ4n) is 0.876. The van der Waals surface area contributed by atoms with Crippen LogP contribution in [0, 0.1) is 5.92 Å². The Balaban J connectivity index is 2.46. The van der Waals surface area contributed by atoms with E-state index in [4.69, 9.17) is 0 Å². The van der Waals surface area contributed by atoms with E-state index in [1.54, 1.807) is 0 Å². The maximum absolute atomic E-state index is 3.25. The van der Waals surface area contributed by atoms with Gasteiger partial charge in [-0.05, 0) is 18.2 Å². The van der Waals surface area contributed by atoms with Gasteiger partial charge in [0.2, 0.25) is 0 Å². The molecule has 1 N–H and O–H groups in total. The third kappa shape index (κ3) is 1.60. The molecule has 1 atom stereocenters. The molecule has 1 aliphatic rings. The summed E-state index contributed by atoms with van der Waals surface area (Å²) in [7, 11) is 0. The van der Waals surface area contributed by atoms with Gasteiger partial charge in [0.25, 0.3) is 0 Å². The minimum atomic E-state index is 0.537. The van der Waals surface area contributed by atoms with Gasteiger partial charge in [0.15, 0.2) is 0 Å². The molecule has 50 valence electrons. The van der Waals surface area contributed by atoms with Gasteiger partial charge in [-0.25, -0.2) is 0 Å². The van der Waals surface area contributed by atoms with E-state index in [1.807, 2.05) is 12.3 Å². The van der Waals surface area contributed by atoms with Gasteiger partial charge in [-0.3, -0.25) is 0 Å². The summed E-state index contributed by atoms with van der Waals surface area (Å²) < 4.78 is 0. The van der Waals surface area contributed by atoms with Crippen LogP contribution in [0.4, 0.5) is 0 Å². The van der Waals surface area contributed by atoms with E-state index in [1.165, 1.54) is 0 Å². The molecule has 0 aromatic heterocycles. The normalized spacial score (nSPS) is 24.6. The van der Waals surface area contributed by atoms with E-state index in [9.17, 15) is 0 Å². The van der Waals surface area contributed by atoms with Crippen LogP contribution in [0.1, 0.15) is 13.8 Å². The van der Waals surface area contributed by atoms with Crippen LogP contribution in [0.15, 0.2) is 24.4 Å². The van der Waals surface area contributed by atoms with Crippen molar-refractivity contribution in [2.45, 2.75) is 19.9 Å². The molecule has 9 heavy (non-hydrogen) atoms. The summed E-state index contributed by atoms with van der Waals surface area (Å²) in [6.45, 7) is 4.42. The summed E-state index contributed by atoms with van der Waals surface area (Å²) in [5.41, 5.74) is 0. The Morgan fingerprint density at radius 3 is 2.44 bits per heavy atom. The number of rotatable bonds is 1. The lowest BCUT2D eigenvalue weighted by Gasteiger charge is -2.18. The molecular formula is C8H13N. The zero-order valence-corrected chi connectivity index (χ0v) is 5.96. The third-order valence-electron chi connectivity index (χ3n) is 1.53. The summed E-state index contributed by atoms with van der Waals surface area (Å²) in [5, 5.41) is 3.25. The first-order valence-electron chi connectivity index (χ1n) is 3.40. The predicted octanol–water partition coefficient (Wildman–Crippen LogP) is 1.68. The third-order valence-corrected chi connectivity index (χ3v) is 1.53. The fraction of sp³-hybridized carbons (Fsp3) is 0.500. The summed E-state index contributed by atoms with van der Waals surface area (Å²) in [6, 6.07) is 0.537. The Hall–Kier alpha value is -0.720. The first-order valence-corrected chi connectivity index (χ1v) is 3.40. The van der Waals surface area contributed by atoms with Crippen LogP contribution in [0.25, 0.3) is 0 Å². The van der Waals surface area contributed by atoms with Crippen LogP contribution in [0.5, 0.6) is 0 Å². The molecule has 0 saturated carbocycles. The van der Waals surface area contributed by atoms with Gasteiger partial charge in [0, 0.05) is 6.04 Å². The van der Waals surface area contributed by atoms with Gasteiger partial charge in [-0.2, -0.15) is 0 Å². The second-order valence-electron chi connectivity index (χ2n) is 2.68. The number of hydrogen-bond donors (Lipinski definition) is 1. The number of hydrogen-bond acceptors (Lipinski definition) is 1. The van der Waals surface area contributed by atoms with Crippen molar-refractivity contribution in [2.75, 3.05) is 0 Å². The smallest absolute Gasteiger partial charge is 0.0464 e. The van der Waals surface area contributed by atoms with E-state index in [-0.39, 0.29) is 0 Å². The maximum atomic E-state index is 3.25. The van der Waals surface area contributed by atoms with Gasteiger partial charge in [0.1, 0.15) is 0 Å². The van der Waals surface area contributed by atoms with Crippen LogP contribution in [-0.4, -0.2) is 6.04 Å². The average molecular weight is 123 g/mol. The van der Waals surface area contributed by atoms with E-state index in [2.05, 4.69) is 31.3 Å². The van der Waals surface area contributed by atoms with Gasteiger partial charge in [0.05, 0.1) is 0 Å². The van der Waals surface area contributed by atoms with E-state index in [0.29, 0.717) is 12.0 Å². The van der Waals surface area contributed by atoms with Crippen LogP contribution in [0.3, 0.4) is 0 Å². The maximum Gasteiger partial charge on any atom is 0.0464 e. The van der Waals surface area contributed by atoms with Crippen molar-refractivity contribution in [1.82, 2.24) is 5.32 Å². The lowest BCUT2D eigenvalue weighted by Crippen LogP contribution is -2.28. The Morgan fingerprint density at radius 1 is 1.33 bits per heavy atom. The van der Waals surface area contributed by atoms with Gasteiger partial charge in [-0.15, -0.1) is 0 Å². The molecule has 0 spiro atoms. The topological polar surface area (TPSA) is 12.0 Å². The molecule has 0 amide bonds. The minimum Gasteiger partial charge on any atom is -0.384 e. The van der Waals surface area contributed by atoms with Crippen molar-refractivity contribution in [1.29, 1.82) is 0 Å². The van der Waals surface area contributed by atoms with Crippen LogP contribution in [0.2, 0.25) is 0 Å². The molecule has 1 heterocycles. The molecule has 1 unspecified atom stereocenters. The summed E-state index contributed by atoms with van der Waals surface area (Å²) >= 11 is 0. The zero-order chi connectivity index (χ0) is 6.69. The molecule has 1 nitrogen and oxygen atoms in total. The number of nitrogens with one attached hydrogen (secondary N) is 1. The van der Waals surface area contributed by atoms with Crippen LogP contribution < -0.4 is 5.32 Å². The van der Waals surface area contributed by atoms with Crippen molar-refractivity contribution in [3.8, 4) is 0 Å². The van der Waals surface area contributed by atoms with Crippen molar-refractivity contribution in [3.63, 3.8) is 0 Å². The van der Waals surface area contributed by atoms with Crippen molar-refractivity contribution >= 4 is 0 Å².